The number of hydrogen-bond donors (Lipinski definition) is 3. The molecule has 6 nitrogen and oxygen atoms in total. The second-order valence-corrected chi connectivity index (χ2v) is 5.87. The molecule has 0 aliphatic carbocycles. The predicted molar refractivity (Wildman–Crippen MR) is 114 cm³/mol. The average Bonchev–Trinajstić information content (AvgIpc) is 2.59. The molecule has 2 atom stereocenters. The Morgan fingerprint density at radius 2 is 1.96 bits per heavy atom. The van der Waals surface area contributed by atoms with Crippen LogP contribution in [0.5, 0.6) is 5.75 Å². The summed E-state index contributed by atoms with van der Waals surface area (Å²) in [6, 6.07) is 6.48. The Morgan fingerprint density at radius 1 is 1.27 bits per heavy atom. The number of guanidine groups is 1. The van der Waals surface area contributed by atoms with Gasteiger partial charge in [0.2, 0.25) is 5.91 Å². The molecular weight excluding hydrogens is 450 g/mol. The van der Waals surface area contributed by atoms with Crippen molar-refractivity contribution in [1.29, 1.82) is 0 Å². The molecule has 0 saturated carbocycles. The predicted octanol–water partition coefficient (Wildman–Crippen LogP) is 2.68. The zero-order chi connectivity index (χ0) is 18.7. The number of carbonyl (C=O) groups excluding carboxylic acids is 1. The summed E-state index contributed by atoms with van der Waals surface area (Å²) in [6.45, 7) is 6.77. The minimum Gasteiger partial charge on any atom is -0.486 e. The first-order chi connectivity index (χ1) is 12.0. The molecule has 8 heteroatoms. The average molecular weight is 480 g/mol. The maximum atomic E-state index is 13.6. The molecule has 0 aliphatic rings. The van der Waals surface area contributed by atoms with Crippen LogP contribution < -0.4 is 20.7 Å². The SMILES string of the molecule is CCC(C)NC(=O)CCNC(=NC)NCC(C)Oc1ccccc1F.I. The van der Waals surface area contributed by atoms with Gasteiger partial charge in [0.1, 0.15) is 6.10 Å². The molecular formula is C18H30FIN4O2. The Labute approximate surface area is 172 Å². The third kappa shape index (κ3) is 9.79. The molecule has 1 amide bonds. The number of hydrogen-bond acceptors (Lipinski definition) is 3. The topological polar surface area (TPSA) is 74.8 Å². The van der Waals surface area contributed by atoms with Gasteiger partial charge >= 0.3 is 0 Å². The van der Waals surface area contributed by atoms with Crippen molar-refractivity contribution < 1.29 is 13.9 Å². The molecule has 1 rings (SSSR count). The molecule has 2 unspecified atom stereocenters. The lowest BCUT2D eigenvalue weighted by molar-refractivity contribution is -0.121. The third-order valence-electron chi connectivity index (χ3n) is 3.61. The van der Waals surface area contributed by atoms with E-state index >= 15 is 0 Å². The molecule has 26 heavy (non-hydrogen) atoms. The van der Waals surface area contributed by atoms with Gasteiger partial charge in [0.25, 0.3) is 0 Å². The number of carbonyl (C=O) groups is 1. The van der Waals surface area contributed by atoms with Crippen LogP contribution >= 0.6 is 24.0 Å². The number of para-hydroxylation sites is 1. The van der Waals surface area contributed by atoms with Crippen molar-refractivity contribution >= 4 is 35.8 Å². The quantitative estimate of drug-likeness (QED) is 0.289. The van der Waals surface area contributed by atoms with Crippen molar-refractivity contribution in [2.75, 3.05) is 20.1 Å². The lowest BCUT2D eigenvalue weighted by atomic mass is 10.2. The number of benzene rings is 1. The van der Waals surface area contributed by atoms with Gasteiger partial charge in [-0.05, 0) is 32.4 Å². The van der Waals surface area contributed by atoms with E-state index in [-0.39, 0.29) is 53.6 Å². The van der Waals surface area contributed by atoms with Gasteiger partial charge in [-0.25, -0.2) is 4.39 Å². The summed E-state index contributed by atoms with van der Waals surface area (Å²) >= 11 is 0. The molecule has 0 spiro atoms. The zero-order valence-electron chi connectivity index (χ0n) is 15.8. The second kappa shape index (κ2) is 13.6. The smallest absolute Gasteiger partial charge is 0.221 e. The summed E-state index contributed by atoms with van der Waals surface area (Å²) in [5.74, 6) is 0.416. The number of halogens is 2. The Balaban J connectivity index is 0.00000625. The fourth-order valence-electron chi connectivity index (χ4n) is 2.00. The molecule has 1 aromatic carbocycles. The maximum Gasteiger partial charge on any atom is 0.221 e. The summed E-state index contributed by atoms with van der Waals surface area (Å²) in [5.41, 5.74) is 0. The standard InChI is InChI=1S/C18H29FN4O2.HI/c1-5-13(2)23-17(24)10-11-21-18(20-4)22-12-14(3)25-16-9-7-6-8-15(16)19;/h6-9,13-14H,5,10-12H2,1-4H3,(H,23,24)(H2,20,21,22);1H. The summed E-state index contributed by atoms with van der Waals surface area (Å²) in [5, 5.41) is 9.07. The first kappa shape index (κ1) is 24.4. The fourth-order valence-corrected chi connectivity index (χ4v) is 2.00. The number of nitrogens with zero attached hydrogens (tertiary/aromatic N) is 1. The Kier molecular flexibility index (Phi) is 12.8. The van der Waals surface area contributed by atoms with Crippen molar-refractivity contribution in [2.45, 2.75) is 45.8 Å². The normalized spacial score (nSPS) is 13.2. The number of rotatable bonds is 9. The summed E-state index contributed by atoms with van der Waals surface area (Å²) < 4.78 is 19.1. The van der Waals surface area contributed by atoms with Gasteiger partial charge < -0.3 is 20.7 Å². The molecule has 0 aliphatic heterocycles. The largest absolute Gasteiger partial charge is 0.486 e. The monoisotopic (exact) mass is 480 g/mol. The minimum atomic E-state index is -0.385. The van der Waals surface area contributed by atoms with Crippen LogP contribution in [-0.2, 0) is 4.79 Å². The Morgan fingerprint density at radius 3 is 2.58 bits per heavy atom. The number of nitrogens with one attached hydrogen (secondary N) is 3. The van der Waals surface area contributed by atoms with E-state index in [2.05, 4.69) is 20.9 Å². The molecule has 3 N–H and O–H groups in total. The lowest BCUT2D eigenvalue weighted by Gasteiger charge is -2.18. The van der Waals surface area contributed by atoms with Crippen molar-refractivity contribution in [3.8, 4) is 5.75 Å². The summed E-state index contributed by atoms with van der Waals surface area (Å²) in [4.78, 5) is 15.8. The highest BCUT2D eigenvalue weighted by atomic mass is 127. The van der Waals surface area contributed by atoms with Gasteiger partial charge in [0.15, 0.2) is 17.5 Å². The Hall–Kier alpha value is -1.58. The van der Waals surface area contributed by atoms with Crippen molar-refractivity contribution in [3.05, 3.63) is 30.1 Å². The highest BCUT2D eigenvalue weighted by Crippen LogP contribution is 2.16. The van der Waals surface area contributed by atoms with Crippen molar-refractivity contribution in [1.82, 2.24) is 16.0 Å². The van der Waals surface area contributed by atoms with E-state index < -0.39 is 0 Å². The van der Waals surface area contributed by atoms with Crippen LogP contribution in [0.15, 0.2) is 29.3 Å². The minimum absolute atomic E-state index is 0. The first-order valence-electron chi connectivity index (χ1n) is 8.61. The summed E-state index contributed by atoms with van der Waals surface area (Å²) in [7, 11) is 1.65. The second-order valence-electron chi connectivity index (χ2n) is 5.87. The van der Waals surface area contributed by atoms with Gasteiger partial charge in [-0.1, -0.05) is 19.1 Å². The van der Waals surface area contributed by atoms with Crippen LogP contribution in [0.1, 0.15) is 33.6 Å². The number of aliphatic imine (C=N–C) groups is 1. The lowest BCUT2D eigenvalue weighted by Crippen LogP contribution is -2.43. The Bertz CT molecular complexity index is 572. The van der Waals surface area contributed by atoms with Crippen molar-refractivity contribution in [3.63, 3.8) is 0 Å². The molecule has 0 bridgehead atoms. The summed E-state index contributed by atoms with van der Waals surface area (Å²) in [6.07, 6.45) is 1.03. The van der Waals surface area contributed by atoms with Crippen LogP contribution in [0.4, 0.5) is 4.39 Å². The molecule has 0 aromatic heterocycles. The van der Waals surface area contributed by atoms with E-state index in [1.165, 1.54) is 6.07 Å². The van der Waals surface area contributed by atoms with E-state index in [1.807, 2.05) is 20.8 Å². The van der Waals surface area contributed by atoms with Crippen LogP contribution in [-0.4, -0.2) is 44.1 Å². The van der Waals surface area contributed by atoms with E-state index in [4.69, 9.17) is 4.74 Å². The van der Waals surface area contributed by atoms with Gasteiger partial charge in [0.05, 0.1) is 6.54 Å². The van der Waals surface area contributed by atoms with Gasteiger partial charge in [0, 0.05) is 26.1 Å². The molecule has 0 saturated heterocycles. The maximum absolute atomic E-state index is 13.6. The number of amides is 1. The van der Waals surface area contributed by atoms with Crippen molar-refractivity contribution in [2.24, 2.45) is 4.99 Å². The van der Waals surface area contributed by atoms with E-state index in [1.54, 1.807) is 25.2 Å². The van der Waals surface area contributed by atoms with Gasteiger partial charge in [-0.2, -0.15) is 0 Å². The fraction of sp³-hybridized carbons (Fsp3) is 0.556. The molecule has 148 valence electrons. The van der Waals surface area contributed by atoms with Crippen LogP contribution in [0, 0.1) is 5.82 Å². The van der Waals surface area contributed by atoms with Gasteiger partial charge in [-0.3, -0.25) is 9.79 Å². The van der Waals surface area contributed by atoms with E-state index in [9.17, 15) is 9.18 Å². The zero-order valence-corrected chi connectivity index (χ0v) is 18.2. The highest BCUT2D eigenvalue weighted by Gasteiger charge is 2.09. The number of ether oxygens (including phenoxy) is 1. The van der Waals surface area contributed by atoms with Gasteiger partial charge in [-0.15, -0.1) is 24.0 Å². The first-order valence-corrected chi connectivity index (χ1v) is 8.61. The molecule has 1 aromatic rings. The molecule has 0 radical (unpaired) electrons. The molecule has 0 fully saturated rings. The van der Waals surface area contributed by atoms with Crippen LogP contribution in [0.3, 0.4) is 0 Å². The third-order valence-corrected chi connectivity index (χ3v) is 3.61. The highest BCUT2D eigenvalue weighted by molar-refractivity contribution is 14.0. The van der Waals surface area contributed by atoms with E-state index in [0.29, 0.717) is 25.5 Å². The van der Waals surface area contributed by atoms with Crippen LogP contribution in [0.2, 0.25) is 0 Å². The van der Waals surface area contributed by atoms with Crippen LogP contribution in [0.25, 0.3) is 0 Å². The van der Waals surface area contributed by atoms with E-state index in [0.717, 1.165) is 6.42 Å². The molecule has 0 heterocycles.